The van der Waals surface area contributed by atoms with Crippen LogP contribution in [0.4, 0.5) is 11.6 Å². The first-order valence-electron chi connectivity index (χ1n) is 12.7. The highest BCUT2D eigenvalue weighted by molar-refractivity contribution is 6.05. The van der Waals surface area contributed by atoms with Crippen LogP contribution in [0, 0.1) is 0 Å². The van der Waals surface area contributed by atoms with Crippen LogP contribution >= 0.6 is 0 Å². The molecule has 7 rings (SSSR count). The Kier molecular flexibility index (Phi) is 5.28. The molecule has 2 N–H and O–H groups in total. The molecule has 0 radical (unpaired) electrons. The number of fused-ring (bicyclic) bond motifs is 5. The zero-order valence-electron chi connectivity index (χ0n) is 20.5. The van der Waals surface area contributed by atoms with E-state index in [0.717, 1.165) is 27.5 Å². The predicted molar refractivity (Wildman–Crippen MR) is 144 cm³/mol. The van der Waals surface area contributed by atoms with Crippen molar-refractivity contribution < 1.29 is 19.1 Å². The second kappa shape index (κ2) is 8.95. The zero-order valence-corrected chi connectivity index (χ0v) is 20.5. The van der Waals surface area contributed by atoms with Gasteiger partial charge in [-0.05, 0) is 42.3 Å². The molecule has 190 valence electrons. The number of imidazole rings is 1. The second-order valence-corrected chi connectivity index (χ2v) is 9.50. The normalized spacial score (nSPS) is 16.3. The second-order valence-electron chi connectivity index (χ2n) is 9.50. The van der Waals surface area contributed by atoms with E-state index in [9.17, 15) is 9.59 Å². The summed E-state index contributed by atoms with van der Waals surface area (Å²) in [6.07, 6.45) is 2.64. The Morgan fingerprint density at radius 3 is 2.76 bits per heavy atom. The average Bonchev–Trinajstić information content (AvgIpc) is 3.60. The zero-order chi connectivity index (χ0) is 25.6. The summed E-state index contributed by atoms with van der Waals surface area (Å²) in [5.41, 5.74) is 4.43. The number of hydrogen-bond donors (Lipinski definition) is 2. The number of H-pyrrole nitrogens is 1. The highest BCUT2D eigenvalue weighted by Gasteiger charge is 2.40. The van der Waals surface area contributed by atoms with Gasteiger partial charge in [0.15, 0.2) is 11.5 Å². The first-order chi connectivity index (χ1) is 18.7. The lowest BCUT2D eigenvalue weighted by Crippen LogP contribution is -2.33. The third-order valence-electron chi connectivity index (χ3n) is 7.17. The SMILES string of the molecule is O=C(C[C@@H]1C(=O)N(CCc2c[nH]c3ccccc23)c2nc3ccccc3n21)Nc1ccc2c(c1)OCCO2. The minimum atomic E-state index is -0.683. The van der Waals surface area contributed by atoms with E-state index in [4.69, 9.17) is 14.5 Å². The van der Waals surface area contributed by atoms with Gasteiger partial charge in [0.2, 0.25) is 11.9 Å². The van der Waals surface area contributed by atoms with Gasteiger partial charge in [-0.2, -0.15) is 0 Å². The monoisotopic (exact) mass is 507 g/mol. The van der Waals surface area contributed by atoms with Gasteiger partial charge >= 0.3 is 0 Å². The molecule has 3 aromatic carbocycles. The lowest BCUT2D eigenvalue weighted by molar-refractivity contribution is -0.124. The van der Waals surface area contributed by atoms with Gasteiger partial charge in [0, 0.05) is 35.4 Å². The Morgan fingerprint density at radius 1 is 1.03 bits per heavy atom. The van der Waals surface area contributed by atoms with Crippen LogP contribution in [0.5, 0.6) is 11.5 Å². The average molecular weight is 508 g/mol. The van der Waals surface area contributed by atoms with Crippen molar-refractivity contribution in [3.8, 4) is 11.5 Å². The van der Waals surface area contributed by atoms with Crippen molar-refractivity contribution in [1.82, 2.24) is 14.5 Å². The minimum Gasteiger partial charge on any atom is -0.486 e. The largest absolute Gasteiger partial charge is 0.486 e. The molecule has 1 atom stereocenters. The van der Waals surface area contributed by atoms with E-state index in [0.29, 0.717) is 49.3 Å². The minimum absolute atomic E-state index is 0.00971. The topological polar surface area (TPSA) is 101 Å². The van der Waals surface area contributed by atoms with E-state index in [1.54, 1.807) is 23.1 Å². The van der Waals surface area contributed by atoms with Gasteiger partial charge in [0.05, 0.1) is 17.5 Å². The number of nitrogens with zero attached hydrogens (tertiary/aromatic N) is 3. The van der Waals surface area contributed by atoms with Crippen LogP contribution in [-0.2, 0) is 16.0 Å². The summed E-state index contributed by atoms with van der Waals surface area (Å²) >= 11 is 0. The molecule has 2 aliphatic rings. The van der Waals surface area contributed by atoms with Gasteiger partial charge in [-0.25, -0.2) is 4.98 Å². The highest BCUT2D eigenvalue weighted by atomic mass is 16.6. The molecular weight excluding hydrogens is 482 g/mol. The molecule has 2 aliphatic heterocycles. The number of rotatable bonds is 6. The highest BCUT2D eigenvalue weighted by Crippen LogP contribution is 2.37. The van der Waals surface area contributed by atoms with Gasteiger partial charge in [-0.3, -0.25) is 19.1 Å². The fourth-order valence-electron chi connectivity index (χ4n) is 5.39. The number of carbonyl (C=O) groups excluding carboxylic acids is 2. The van der Waals surface area contributed by atoms with E-state index in [2.05, 4.69) is 16.4 Å². The number of amides is 2. The van der Waals surface area contributed by atoms with Crippen LogP contribution in [0.2, 0.25) is 0 Å². The van der Waals surface area contributed by atoms with E-state index in [-0.39, 0.29) is 18.2 Å². The number of nitrogens with one attached hydrogen (secondary N) is 2. The Bertz CT molecular complexity index is 1700. The number of ether oxygens (including phenoxy) is 2. The fraction of sp³-hybridized carbons (Fsp3) is 0.207. The predicted octanol–water partition coefficient (Wildman–Crippen LogP) is 4.45. The van der Waals surface area contributed by atoms with Crippen LogP contribution in [0.15, 0.2) is 72.9 Å². The van der Waals surface area contributed by atoms with Gasteiger partial charge < -0.3 is 19.8 Å². The smallest absolute Gasteiger partial charge is 0.253 e. The summed E-state index contributed by atoms with van der Waals surface area (Å²) in [7, 11) is 0. The molecule has 9 nitrogen and oxygen atoms in total. The summed E-state index contributed by atoms with van der Waals surface area (Å²) in [4.78, 5) is 36.7. The molecule has 2 aromatic heterocycles. The maximum atomic E-state index is 13.7. The van der Waals surface area contributed by atoms with E-state index >= 15 is 0 Å². The summed E-state index contributed by atoms with van der Waals surface area (Å²) < 4.78 is 13.1. The first-order valence-corrected chi connectivity index (χ1v) is 12.7. The molecule has 0 unspecified atom stereocenters. The molecule has 0 bridgehead atoms. The lowest BCUT2D eigenvalue weighted by Gasteiger charge is -2.19. The summed E-state index contributed by atoms with van der Waals surface area (Å²) in [6.45, 7) is 1.43. The summed E-state index contributed by atoms with van der Waals surface area (Å²) in [5, 5.41) is 4.06. The lowest BCUT2D eigenvalue weighted by atomic mass is 10.1. The summed E-state index contributed by atoms with van der Waals surface area (Å²) in [6, 6.07) is 20.4. The Labute approximate surface area is 218 Å². The molecule has 38 heavy (non-hydrogen) atoms. The maximum Gasteiger partial charge on any atom is 0.253 e. The van der Waals surface area contributed by atoms with Crippen LogP contribution in [0.3, 0.4) is 0 Å². The standard InChI is InChI=1S/C29H25N5O4/c35-27(31-19-9-10-25-26(15-19)38-14-13-37-25)16-24-28(36)33(29-32-22-7-3-4-8-23(22)34(24)29)12-11-18-17-30-21-6-2-1-5-20(18)21/h1-10,15,17,24,30H,11-14,16H2,(H,31,35)/t24-/m1/s1. The van der Waals surface area contributed by atoms with Crippen LogP contribution in [0.25, 0.3) is 21.9 Å². The van der Waals surface area contributed by atoms with Crippen LogP contribution in [0.1, 0.15) is 18.0 Å². The van der Waals surface area contributed by atoms with E-state index in [1.165, 1.54) is 0 Å². The third-order valence-corrected chi connectivity index (χ3v) is 7.17. The number of anilines is 2. The molecule has 0 saturated carbocycles. The molecule has 0 fully saturated rings. The van der Waals surface area contributed by atoms with E-state index in [1.807, 2.05) is 53.2 Å². The van der Waals surface area contributed by atoms with Crippen molar-refractivity contribution in [2.24, 2.45) is 0 Å². The number of aromatic nitrogens is 3. The quantitative estimate of drug-likeness (QED) is 0.354. The van der Waals surface area contributed by atoms with Crippen molar-refractivity contribution in [2.75, 3.05) is 30.0 Å². The molecule has 0 saturated heterocycles. The van der Waals surface area contributed by atoms with Crippen LogP contribution in [-0.4, -0.2) is 46.1 Å². The Hall–Kier alpha value is -4.79. The van der Waals surface area contributed by atoms with Gasteiger partial charge in [0.25, 0.3) is 5.91 Å². The Morgan fingerprint density at radius 2 is 1.84 bits per heavy atom. The van der Waals surface area contributed by atoms with Crippen molar-refractivity contribution in [3.05, 3.63) is 78.5 Å². The summed E-state index contributed by atoms with van der Waals surface area (Å²) in [5.74, 6) is 1.43. The van der Waals surface area contributed by atoms with Crippen molar-refractivity contribution in [3.63, 3.8) is 0 Å². The first kappa shape index (κ1) is 22.4. The van der Waals surface area contributed by atoms with Crippen molar-refractivity contribution >= 4 is 45.4 Å². The van der Waals surface area contributed by atoms with Crippen molar-refractivity contribution in [1.29, 1.82) is 0 Å². The number of para-hydroxylation sites is 3. The van der Waals surface area contributed by atoms with Gasteiger partial charge in [0.1, 0.15) is 19.3 Å². The van der Waals surface area contributed by atoms with Gasteiger partial charge in [-0.1, -0.05) is 30.3 Å². The maximum absolute atomic E-state index is 13.7. The molecule has 5 aromatic rings. The van der Waals surface area contributed by atoms with Gasteiger partial charge in [-0.15, -0.1) is 0 Å². The number of carbonyl (C=O) groups is 2. The molecule has 4 heterocycles. The third kappa shape index (κ3) is 3.75. The molecule has 2 amide bonds. The number of benzene rings is 3. The van der Waals surface area contributed by atoms with E-state index < -0.39 is 6.04 Å². The van der Waals surface area contributed by atoms with Crippen LogP contribution < -0.4 is 19.7 Å². The Balaban J connectivity index is 1.15. The molecular formula is C29H25N5O4. The van der Waals surface area contributed by atoms with Crippen molar-refractivity contribution in [2.45, 2.75) is 18.9 Å². The fourth-order valence-corrected chi connectivity index (χ4v) is 5.39. The number of hydrogen-bond acceptors (Lipinski definition) is 5. The molecule has 0 aliphatic carbocycles. The number of aromatic amines is 1. The molecule has 0 spiro atoms. The molecule has 9 heteroatoms.